The Morgan fingerprint density at radius 3 is 1.64 bits per heavy atom. The second-order valence-corrected chi connectivity index (χ2v) is 6.06. The predicted molar refractivity (Wildman–Crippen MR) is 66.1 cm³/mol. The average Bonchev–Trinajstić information content (AvgIpc) is 1.78. The van der Waals surface area contributed by atoms with Crippen LogP contribution in [0.5, 0.6) is 0 Å². The van der Waals surface area contributed by atoms with Crippen molar-refractivity contribution in [2.75, 3.05) is 0 Å². The molecule has 14 heavy (non-hydrogen) atoms. The molecule has 0 amide bonds. The molecule has 0 radical (unpaired) electrons. The van der Waals surface area contributed by atoms with Gasteiger partial charge >= 0.3 is 0 Å². The molecule has 0 atom stereocenters. The van der Waals surface area contributed by atoms with Gasteiger partial charge in [0.05, 0.1) is 5.54 Å². The lowest BCUT2D eigenvalue weighted by atomic mass is 9.92. The Morgan fingerprint density at radius 2 is 1.36 bits per heavy atom. The fourth-order valence-electron chi connectivity index (χ4n) is 1.35. The predicted octanol–water partition coefficient (Wildman–Crippen LogP) is 4.24. The molecule has 0 aliphatic carbocycles. The first kappa shape index (κ1) is 13.4. The highest BCUT2D eigenvalue weighted by Crippen LogP contribution is 2.19. The van der Waals surface area contributed by atoms with Crippen LogP contribution in [-0.4, -0.2) is 11.3 Å². The third kappa shape index (κ3) is 6.88. The molecule has 0 rings (SSSR count). The normalized spacial score (nSPS) is 16.0. The van der Waals surface area contributed by atoms with E-state index in [2.05, 4.69) is 66.5 Å². The van der Waals surface area contributed by atoms with Crippen LogP contribution >= 0.6 is 0 Å². The second-order valence-electron chi connectivity index (χ2n) is 6.06. The Bertz CT molecular complexity index is 215. The van der Waals surface area contributed by atoms with Gasteiger partial charge < -0.3 is 0 Å². The standard InChI is InChI=1S/C13H25N/c1-10(9-12(3,4)5)11(2)14-13(6,7)8/h9H,1-8H3/b10-9-,14-11?. The Balaban J connectivity index is 4.81. The molecule has 1 nitrogen and oxygen atoms in total. The topological polar surface area (TPSA) is 12.4 Å². The van der Waals surface area contributed by atoms with E-state index >= 15 is 0 Å². The number of aliphatic imine (C=N–C) groups is 1. The molecule has 0 aromatic heterocycles. The Labute approximate surface area is 89.3 Å². The van der Waals surface area contributed by atoms with Gasteiger partial charge in [-0.3, -0.25) is 4.99 Å². The molecular weight excluding hydrogens is 170 g/mol. The summed E-state index contributed by atoms with van der Waals surface area (Å²) >= 11 is 0. The Kier molecular flexibility index (Phi) is 4.11. The minimum atomic E-state index is 0.0249. The second kappa shape index (κ2) is 4.29. The van der Waals surface area contributed by atoms with Gasteiger partial charge in [-0.15, -0.1) is 0 Å². The zero-order chi connectivity index (χ0) is 11.6. The van der Waals surface area contributed by atoms with Gasteiger partial charge in [0.15, 0.2) is 0 Å². The van der Waals surface area contributed by atoms with Gasteiger partial charge in [-0.2, -0.15) is 0 Å². The highest BCUT2D eigenvalue weighted by molar-refractivity contribution is 5.97. The van der Waals surface area contributed by atoms with Crippen molar-refractivity contribution < 1.29 is 0 Å². The molecule has 0 aliphatic rings. The van der Waals surface area contributed by atoms with E-state index in [4.69, 9.17) is 0 Å². The van der Waals surface area contributed by atoms with Crippen LogP contribution in [0.3, 0.4) is 0 Å². The largest absolute Gasteiger partial charge is 0.284 e. The molecule has 0 heterocycles. The van der Waals surface area contributed by atoms with Crippen molar-refractivity contribution in [3.8, 4) is 0 Å². The van der Waals surface area contributed by atoms with Gasteiger partial charge in [0.1, 0.15) is 0 Å². The summed E-state index contributed by atoms with van der Waals surface area (Å²) in [4.78, 5) is 4.64. The van der Waals surface area contributed by atoms with Crippen molar-refractivity contribution >= 4 is 5.71 Å². The van der Waals surface area contributed by atoms with E-state index in [1.165, 1.54) is 5.57 Å². The van der Waals surface area contributed by atoms with Crippen LogP contribution in [0.2, 0.25) is 0 Å². The van der Waals surface area contributed by atoms with Gasteiger partial charge in [0, 0.05) is 5.71 Å². The maximum absolute atomic E-state index is 4.64. The summed E-state index contributed by atoms with van der Waals surface area (Å²) < 4.78 is 0. The molecular formula is C13H25N. The summed E-state index contributed by atoms with van der Waals surface area (Å²) in [5, 5.41) is 0. The van der Waals surface area contributed by atoms with Crippen LogP contribution in [0.4, 0.5) is 0 Å². The Morgan fingerprint density at radius 1 is 0.929 bits per heavy atom. The Hall–Kier alpha value is -0.590. The van der Waals surface area contributed by atoms with Crippen molar-refractivity contribution in [3.05, 3.63) is 11.6 Å². The molecule has 0 aliphatic heterocycles. The smallest absolute Gasteiger partial charge is 0.0527 e. The fourth-order valence-corrected chi connectivity index (χ4v) is 1.35. The lowest BCUT2D eigenvalue weighted by Crippen LogP contribution is -2.14. The first-order chi connectivity index (χ1) is 6.01. The SMILES string of the molecule is CC(=NC(C)(C)C)/C(C)=C\C(C)(C)C. The van der Waals surface area contributed by atoms with E-state index in [1.54, 1.807) is 0 Å². The summed E-state index contributed by atoms with van der Waals surface area (Å²) in [5.74, 6) is 0. The number of hydrogen-bond donors (Lipinski definition) is 0. The van der Waals surface area contributed by atoms with Crippen molar-refractivity contribution in [2.24, 2.45) is 10.4 Å². The summed E-state index contributed by atoms with van der Waals surface area (Å²) in [6, 6.07) is 0. The minimum absolute atomic E-state index is 0.0249. The summed E-state index contributed by atoms with van der Waals surface area (Å²) in [5.41, 5.74) is 2.69. The molecule has 0 saturated carbocycles. The van der Waals surface area contributed by atoms with Gasteiger partial charge in [0.2, 0.25) is 0 Å². The van der Waals surface area contributed by atoms with Crippen molar-refractivity contribution in [2.45, 2.75) is 60.9 Å². The first-order valence-corrected chi connectivity index (χ1v) is 5.27. The maximum Gasteiger partial charge on any atom is 0.0527 e. The molecule has 1 heteroatoms. The third-order valence-electron chi connectivity index (χ3n) is 1.72. The number of hydrogen-bond acceptors (Lipinski definition) is 1. The summed E-state index contributed by atoms with van der Waals surface area (Å²) in [6.45, 7) is 17.2. The zero-order valence-corrected chi connectivity index (χ0v) is 11.0. The van der Waals surface area contributed by atoms with E-state index in [-0.39, 0.29) is 11.0 Å². The molecule has 0 N–H and O–H groups in total. The van der Waals surface area contributed by atoms with Gasteiger partial charge in [0.25, 0.3) is 0 Å². The number of rotatable bonds is 1. The molecule has 82 valence electrons. The van der Waals surface area contributed by atoms with Crippen LogP contribution < -0.4 is 0 Å². The lowest BCUT2D eigenvalue weighted by molar-refractivity contribution is 0.541. The van der Waals surface area contributed by atoms with Crippen molar-refractivity contribution in [1.82, 2.24) is 0 Å². The molecule has 0 fully saturated rings. The van der Waals surface area contributed by atoms with E-state index in [9.17, 15) is 0 Å². The number of nitrogens with zero attached hydrogens (tertiary/aromatic N) is 1. The quantitative estimate of drug-likeness (QED) is 0.555. The molecule has 0 saturated heterocycles. The van der Waals surface area contributed by atoms with Crippen LogP contribution in [0.15, 0.2) is 16.6 Å². The van der Waals surface area contributed by atoms with Crippen molar-refractivity contribution in [3.63, 3.8) is 0 Å². The first-order valence-electron chi connectivity index (χ1n) is 5.27. The fraction of sp³-hybridized carbons (Fsp3) is 0.769. The average molecular weight is 195 g/mol. The maximum atomic E-state index is 4.64. The van der Waals surface area contributed by atoms with Gasteiger partial charge in [-0.25, -0.2) is 0 Å². The molecule has 0 aromatic carbocycles. The molecule has 0 spiro atoms. The highest BCUT2D eigenvalue weighted by atomic mass is 14.8. The third-order valence-corrected chi connectivity index (χ3v) is 1.72. The molecule has 0 unspecified atom stereocenters. The zero-order valence-electron chi connectivity index (χ0n) is 11.0. The van der Waals surface area contributed by atoms with Gasteiger partial charge in [-0.1, -0.05) is 26.8 Å². The highest BCUT2D eigenvalue weighted by Gasteiger charge is 2.11. The van der Waals surface area contributed by atoms with Crippen LogP contribution in [0.25, 0.3) is 0 Å². The van der Waals surface area contributed by atoms with Crippen molar-refractivity contribution in [1.29, 1.82) is 0 Å². The van der Waals surface area contributed by atoms with Crippen LogP contribution in [0, 0.1) is 5.41 Å². The summed E-state index contributed by atoms with van der Waals surface area (Å²) in [7, 11) is 0. The van der Waals surface area contributed by atoms with Crippen LogP contribution in [0.1, 0.15) is 55.4 Å². The van der Waals surface area contributed by atoms with E-state index < -0.39 is 0 Å². The monoisotopic (exact) mass is 195 g/mol. The lowest BCUT2D eigenvalue weighted by Gasteiger charge is -2.17. The number of allylic oxidation sites excluding steroid dienone is 2. The van der Waals surface area contributed by atoms with Crippen LogP contribution in [-0.2, 0) is 0 Å². The summed E-state index contributed by atoms with van der Waals surface area (Å²) in [6.07, 6.45) is 2.28. The van der Waals surface area contributed by atoms with Gasteiger partial charge in [-0.05, 0) is 45.6 Å². The molecule has 0 bridgehead atoms. The molecule has 0 aromatic rings. The van der Waals surface area contributed by atoms with E-state index in [0.717, 1.165) is 5.71 Å². The minimum Gasteiger partial charge on any atom is -0.284 e. The van der Waals surface area contributed by atoms with E-state index in [1.807, 2.05) is 0 Å². The van der Waals surface area contributed by atoms with E-state index in [0.29, 0.717) is 0 Å².